The van der Waals surface area contributed by atoms with Gasteiger partial charge in [-0.3, -0.25) is 4.79 Å². The van der Waals surface area contributed by atoms with Gasteiger partial charge in [0.25, 0.3) is 5.91 Å². The molecular weight excluding hydrogens is 276 g/mol. The van der Waals surface area contributed by atoms with E-state index >= 15 is 0 Å². The van der Waals surface area contributed by atoms with Crippen LogP contribution in [0.1, 0.15) is 10.4 Å². The summed E-state index contributed by atoms with van der Waals surface area (Å²) in [6.45, 7) is 0.801. The number of methoxy groups -OCH3 is 1. The quantitative estimate of drug-likeness (QED) is 0.563. The third-order valence-electron chi connectivity index (χ3n) is 2.68. The summed E-state index contributed by atoms with van der Waals surface area (Å²) in [6.07, 6.45) is 0. The van der Waals surface area contributed by atoms with E-state index in [1.807, 2.05) is 14.1 Å². The van der Waals surface area contributed by atoms with Gasteiger partial charge in [-0.25, -0.2) is 0 Å². The van der Waals surface area contributed by atoms with Crippen molar-refractivity contribution in [3.63, 3.8) is 0 Å². The molecule has 21 heavy (non-hydrogen) atoms. The maximum atomic E-state index is 12.0. The third-order valence-corrected chi connectivity index (χ3v) is 2.68. The van der Waals surface area contributed by atoms with Crippen molar-refractivity contribution in [2.24, 2.45) is 0 Å². The minimum Gasteiger partial charge on any atom is -0.546 e. The number of amides is 1. The fourth-order valence-electron chi connectivity index (χ4n) is 1.59. The molecule has 1 aromatic rings. The maximum absolute atomic E-state index is 12.0. The molecule has 0 saturated heterocycles. The van der Waals surface area contributed by atoms with Crippen molar-refractivity contribution in [2.75, 3.05) is 40.9 Å². The smallest absolute Gasteiger partial charge is 0.251 e. The summed E-state index contributed by atoms with van der Waals surface area (Å²) in [4.78, 5) is 23.6. The number of hydrogen-bond acceptors (Lipinski definition) is 5. The van der Waals surface area contributed by atoms with Crippen molar-refractivity contribution in [1.29, 1.82) is 0 Å². The molecule has 0 radical (unpaired) electrons. The number of likely N-dealkylation sites (N-methyl/N-ethyl adjacent to an activating group) is 1. The molecule has 2 N–H and O–H groups in total. The molecule has 0 heterocycles. The number of carboxylic acids is 1. The predicted molar refractivity (Wildman–Crippen MR) is 73.5 cm³/mol. The zero-order valence-corrected chi connectivity index (χ0v) is 12.4. The number of nitrogens with one attached hydrogen (secondary N) is 2. The Balaban J connectivity index is 2.72. The molecule has 7 heteroatoms. The second-order valence-electron chi connectivity index (χ2n) is 4.74. The lowest BCUT2D eigenvalue weighted by molar-refractivity contribution is -0.856. The number of hydrogen-bond donors (Lipinski definition) is 2. The van der Waals surface area contributed by atoms with Crippen molar-refractivity contribution >= 4 is 11.9 Å². The Morgan fingerprint density at radius 2 is 2.00 bits per heavy atom. The maximum Gasteiger partial charge on any atom is 0.251 e. The van der Waals surface area contributed by atoms with Gasteiger partial charge in [-0.15, -0.1) is 0 Å². The lowest BCUT2D eigenvalue weighted by atomic mass is 10.2. The Morgan fingerprint density at radius 3 is 2.57 bits per heavy atom. The van der Waals surface area contributed by atoms with E-state index in [1.54, 1.807) is 6.07 Å². The number of rotatable bonds is 8. The molecule has 0 bridgehead atoms. The van der Waals surface area contributed by atoms with Gasteiger partial charge in [0.2, 0.25) is 0 Å². The van der Waals surface area contributed by atoms with Crippen molar-refractivity contribution in [3.05, 3.63) is 23.8 Å². The van der Waals surface area contributed by atoms with Gasteiger partial charge in [0.1, 0.15) is 6.61 Å². The molecule has 0 aliphatic carbocycles. The Kier molecular flexibility index (Phi) is 6.48. The first-order chi connectivity index (χ1) is 9.93. The molecule has 0 aliphatic rings. The molecule has 0 aliphatic heterocycles. The van der Waals surface area contributed by atoms with Crippen LogP contribution in [-0.4, -0.2) is 52.8 Å². The molecule has 0 aromatic heterocycles. The van der Waals surface area contributed by atoms with Crippen molar-refractivity contribution in [2.45, 2.75) is 0 Å². The van der Waals surface area contributed by atoms with E-state index in [1.165, 1.54) is 24.1 Å². The first-order valence-corrected chi connectivity index (χ1v) is 6.52. The van der Waals surface area contributed by atoms with Crippen LogP contribution in [0.2, 0.25) is 0 Å². The molecular formula is C14H20N2O5. The lowest BCUT2D eigenvalue weighted by Crippen LogP contribution is -3.06. The Hall–Kier alpha value is -2.28. The molecule has 0 fully saturated rings. The summed E-state index contributed by atoms with van der Waals surface area (Å²) in [7, 11) is 5.41. The van der Waals surface area contributed by atoms with Crippen LogP contribution < -0.4 is 24.8 Å². The van der Waals surface area contributed by atoms with Crippen molar-refractivity contribution in [1.82, 2.24) is 5.32 Å². The van der Waals surface area contributed by atoms with E-state index in [4.69, 9.17) is 9.47 Å². The molecule has 1 aromatic carbocycles. The fourth-order valence-corrected chi connectivity index (χ4v) is 1.59. The van der Waals surface area contributed by atoms with E-state index in [9.17, 15) is 14.7 Å². The summed E-state index contributed by atoms with van der Waals surface area (Å²) in [5.41, 5.74) is 0.418. The largest absolute Gasteiger partial charge is 0.546 e. The number of aliphatic carboxylic acids is 1. The Morgan fingerprint density at radius 1 is 1.29 bits per heavy atom. The van der Waals surface area contributed by atoms with E-state index in [2.05, 4.69) is 5.32 Å². The third kappa shape index (κ3) is 5.70. The topological polar surface area (TPSA) is 92.1 Å². The lowest BCUT2D eigenvalue weighted by Gasteiger charge is -2.13. The van der Waals surface area contributed by atoms with Gasteiger partial charge in [-0.2, -0.15) is 0 Å². The average Bonchev–Trinajstić information content (AvgIpc) is 2.44. The molecule has 0 saturated carbocycles. The second-order valence-corrected chi connectivity index (χ2v) is 4.74. The van der Waals surface area contributed by atoms with Crippen LogP contribution in [0.5, 0.6) is 11.5 Å². The van der Waals surface area contributed by atoms with Crippen LogP contribution in [0.15, 0.2) is 18.2 Å². The summed E-state index contributed by atoms with van der Waals surface area (Å²) >= 11 is 0. The molecule has 1 amide bonds. The Labute approximate surface area is 123 Å². The normalized spacial score (nSPS) is 10.3. The summed E-state index contributed by atoms with van der Waals surface area (Å²) in [6, 6.07) is 4.54. The standard InChI is InChI=1S/C14H20N2O5/c1-16(2)7-6-15-14(19)10-4-5-11(12(8-10)20-3)21-9-13(17)18/h4-5,8H,6-7,9H2,1-3H3,(H,15,19)(H,17,18). The fraction of sp³-hybridized carbons (Fsp3) is 0.429. The predicted octanol–water partition coefficient (Wildman–Crippen LogP) is -2.30. The van der Waals surface area contributed by atoms with Gasteiger partial charge in [0.05, 0.1) is 40.3 Å². The van der Waals surface area contributed by atoms with E-state index < -0.39 is 12.6 Å². The number of carbonyl (C=O) groups is 2. The van der Waals surface area contributed by atoms with Gasteiger partial charge < -0.3 is 29.6 Å². The number of quaternary nitrogens is 1. The first-order valence-electron chi connectivity index (χ1n) is 6.52. The van der Waals surface area contributed by atoms with E-state index in [0.29, 0.717) is 17.9 Å². The number of carboxylic acid groups (broad SMARTS) is 1. The molecule has 116 valence electrons. The minimum absolute atomic E-state index is 0.221. The molecule has 1 rings (SSSR count). The highest BCUT2D eigenvalue weighted by Crippen LogP contribution is 2.27. The van der Waals surface area contributed by atoms with Gasteiger partial charge in [0.15, 0.2) is 11.5 Å². The summed E-state index contributed by atoms with van der Waals surface area (Å²) in [5.74, 6) is -1.01. The van der Waals surface area contributed by atoms with Crippen LogP contribution in [-0.2, 0) is 4.79 Å². The monoisotopic (exact) mass is 296 g/mol. The summed E-state index contributed by atoms with van der Waals surface area (Å²) < 4.78 is 10.1. The molecule has 0 atom stereocenters. The van der Waals surface area contributed by atoms with Gasteiger partial charge in [0, 0.05) is 5.56 Å². The average molecular weight is 296 g/mol. The number of benzene rings is 1. The van der Waals surface area contributed by atoms with Crippen LogP contribution >= 0.6 is 0 Å². The summed E-state index contributed by atoms with van der Waals surface area (Å²) in [5, 5.41) is 13.2. The van der Waals surface area contributed by atoms with E-state index in [0.717, 1.165) is 6.54 Å². The Bertz CT molecular complexity index is 502. The number of carbonyl (C=O) groups excluding carboxylic acids is 2. The van der Waals surface area contributed by atoms with Gasteiger partial charge in [-0.05, 0) is 18.2 Å². The van der Waals surface area contributed by atoms with Crippen LogP contribution in [0.25, 0.3) is 0 Å². The first kappa shape index (κ1) is 16.8. The highest BCUT2D eigenvalue weighted by molar-refractivity contribution is 5.94. The number of ether oxygens (including phenoxy) is 2. The van der Waals surface area contributed by atoms with Gasteiger partial charge in [-0.1, -0.05) is 0 Å². The van der Waals surface area contributed by atoms with Crippen molar-refractivity contribution < 1.29 is 29.1 Å². The molecule has 0 spiro atoms. The van der Waals surface area contributed by atoms with Crippen molar-refractivity contribution in [3.8, 4) is 11.5 Å². The highest BCUT2D eigenvalue weighted by atomic mass is 16.5. The van der Waals surface area contributed by atoms with Gasteiger partial charge >= 0.3 is 0 Å². The zero-order chi connectivity index (χ0) is 15.8. The van der Waals surface area contributed by atoms with Crippen LogP contribution in [0, 0.1) is 0 Å². The SMILES string of the molecule is COc1cc(C(=O)NCC[NH+](C)C)ccc1OCC(=O)[O-]. The zero-order valence-electron chi connectivity index (χ0n) is 12.4. The van der Waals surface area contributed by atoms with Crippen LogP contribution in [0.3, 0.4) is 0 Å². The second kappa shape index (κ2) is 8.11. The molecule has 7 nitrogen and oxygen atoms in total. The van der Waals surface area contributed by atoms with E-state index in [-0.39, 0.29) is 11.7 Å². The van der Waals surface area contributed by atoms with Crippen LogP contribution in [0.4, 0.5) is 0 Å². The molecule has 0 unspecified atom stereocenters. The highest BCUT2D eigenvalue weighted by Gasteiger charge is 2.11. The minimum atomic E-state index is -1.33.